The average Bonchev–Trinajstić information content (AvgIpc) is 2.49. The Hall–Kier alpha value is -2.21. The summed E-state index contributed by atoms with van der Waals surface area (Å²) < 4.78 is 6.67. The molecule has 0 amide bonds. The van der Waals surface area contributed by atoms with Crippen molar-refractivity contribution in [3.8, 4) is 0 Å². The Morgan fingerprint density at radius 3 is 2.70 bits per heavy atom. The maximum atomic E-state index is 12.5. The number of esters is 1. The molecule has 0 saturated carbocycles. The Morgan fingerprint density at radius 2 is 2.13 bits per heavy atom. The van der Waals surface area contributed by atoms with Gasteiger partial charge in [-0.3, -0.25) is 4.79 Å². The minimum Gasteiger partial charge on any atom is -0.462 e. The van der Waals surface area contributed by atoms with Gasteiger partial charge in [0, 0.05) is 12.4 Å². The first-order valence-electron chi connectivity index (χ1n) is 7.59. The number of nitrogens with zero attached hydrogens (tertiary/aromatic N) is 2. The van der Waals surface area contributed by atoms with Crippen molar-refractivity contribution in [2.75, 3.05) is 13.2 Å². The molecule has 0 saturated heterocycles. The molecule has 0 spiro atoms. The molecular weight excluding hydrogens is 296 g/mol. The van der Waals surface area contributed by atoms with E-state index in [1.54, 1.807) is 29.8 Å². The van der Waals surface area contributed by atoms with E-state index in [1.807, 2.05) is 20.8 Å². The van der Waals surface area contributed by atoms with E-state index in [0.29, 0.717) is 11.0 Å². The maximum Gasteiger partial charge on any atom is 0.343 e. The molecule has 0 bridgehead atoms. The van der Waals surface area contributed by atoms with Gasteiger partial charge in [0.05, 0.1) is 24.6 Å². The number of rotatable bonds is 4. The van der Waals surface area contributed by atoms with E-state index < -0.39 is 11.4 Å². The van der Waals surface area contributed by atoms with Crippen LogP contribution in [0, 0.1) is 5.41 Å². The van der Waals surface area contributed by atoms with Crippen LogP contribution in [0.15, 0.2) is 29.3 Å². The number of fused-ring (bicyclic) bond motifs is 1. The Balaban J connectivity index is 2.80. The summed E-state index contributed by atoms with van der Waals surface area (Å²) in [6.45, 7) is 7.66. The van der Waals surface area contributed by atoms with E-state index >= 15 is 0 Å². The predicted octanol–water partition coefficient (Wildman–Crippen LogP) is 2.15. The SMILES string of the molecule is CCOC(=O)c1cn([C@H](CO)C(C)(C)C)c2ncccc2c1=O. The van der Waals surface area contributed by atoms with Gasteiger partial charge in [-0.15, -0.1) is 0 Å². The molecule has 1 atom stereocenters. The molecule has 0 fully saturated rings. The Morgan fingerprint density at radius 1 is 1.43 bits per heavy atom. The van der Waals surface area contributed by atoms with Gasteiger partial charge in [-0.25, -0.2) is 9.78 Å². The number of pyridine rings is 2. The minimum atomic E-state index is -0.664. The van der Waals surface area contributed by atoms with Crippen LogP contribution < -0.4 is 5.43 Å². The van der Waals surface area contributed by atoms with Crippen LogP contribution in [-0.4, -0.2) is 33.8 Å². The van der Waals surface area contributed by atoms with Gasteiger partial charge in [0.15, 0.2) is 0 Å². The van der Waals surface area contributed by atoms with Crippen LogP contribution >= 0.6 is 0 Å². The molecule has 2 heterocycles. The Labute approximate surface area is 134 Å². The number of aliphatic hydroxyl groups is 1. The molecule has 1 N–H and O–H groups in total. The zero-order valence-electron chi connectivity index (χ0n) is 13.9. The highest BCUT2D eigenvalue weighted by molar-refractivity contribution is 5.93. The highest BCUT2D eigenvalue weighted by Crippen LogP contribution is 2.31. The third-order valence-electron chi connectivity index (χ3n) is 3.79. The van der Waals surface area contributed by atoms with Crippen LogP contribution in [0.25, 0.3) is 11.0 Å². The molecule has 2 rings (SSSR count). The van der Waals surface area contributed by atoms with Crippen molar-refractivity contribution in [2.24, 2.45) is 5.41 Å². The van der Waals surface area contributed by atoms with Crippen LogP contribution in [0.5, 0.6) is 0 Å². The van der Waals surface area contributed by atoms with Crippen LogP contribution in [-0.2, 0) is 4.74 Å². The van der Waals surface area contributed by atoms with Crippen molar-refractivity contribution in [1.82, 2.24) is 9.55 Å². The van der Waals surface area contributed by atoms with Crippen LogP contribution in [0.4, 0.5) is 0 Å². The number of carbonyl (C=O) groups is 1. The Kier molecular flexibility index (Phi) is 4.85. The summed E-state index contributed by atoms with van der Waals surface area (Å²) in [5, 5.41) is 10.2. The van der Waals surface area contributed by atoms with E-state index in [-0.39, 0.29) is 30.2 Å². The molecular formula is C17H22N2O4. The van der Waals surface area contributed by atoms with Crippen molar-refractivity contribution >= 4 is 17.0 Å². The van der Waals surface area contributed by atoms with E-state index in [0.717, 1.165) is 0 Å². The fourth-order valence-electron chi connectivity index (χ4n) is 2.55. The molecule has 2 aromatic rings. The zero-order valence-corrected chi connectivity index (χ0v) is 13.9. The molecule has 6 heteroatoms. The quantitative estimate of drug-likeness (QED) is 0.874. The van der Waals surface area contributed by atoms with E-state index in [4.69, 9.17) is 4.74 Å². The van der Waals surface area contributed by atoms with Gasteiger partial charge in [-0.05, 0) is 24.5 Å². The molecule has 0 aliphatic heterocycles. The first-order valence-corrected chi connectivity index (χ1v) is 7.59. The summed E-state index contributed by atoms with van der Waals surface area (Å²) in [5.41, 5.74) is -0.303. The van der Waals surface area contributed by atoms with Gasteiger partial charge >= 0.3 is 5.97 Å². The van der Waals surface area contributed by atoms with Crippen molar-refractivity contribution in [3.63, 3.8) is 0 Å². The summed E-state index contributed by atoms with van der Waals surface area (Å²) in [7, 11) is 0. The van der Waals surface area contributed by atoms with E-state index in [9.17, 15) is 14.7 Å². The molecule has 6 nitrogen and oxygen atoms in total. The molecule has 23 heavy (non-hydrogen) atoms. The van der Waals surface area contributed by atoms with Crippen LogP contribution in [0.1, 0.15) is 44.1 Å². The van der Waals surface area contributed by atoms with Crippen molar-refractivity contribution in [1.29, 1.82) is 0 Å². The first kappa shape index (κ1) is 17.1. The number of aliphatic hydroxyl groups excluding tert-OH is 1. The van der Waals surface area contributed by atoms with Crippen molar-refractivity contribution < 1.29 is 14.6 Å². The van der Waals surface area contributed by atoms with Crippen LogP contribution in [0.2, 0.25) is 0 Å². The van der Waals surface area contributed by atoms with E-state index in [1.165, 1.54) is 6.20 Å². The second-order valence-corrected chi connectivity index (χ2v) is 6.44. The lowest BCUT2D eigenvalue weighted by Gasteiger charge is -2.32. The average molecular weight is 318 g/mol. The van der Waals surface area contributed by atoms with Gasteiger partial charge < -0.3 is 14.4 Å². The standard InChI is InChI=1S/C17H22N2O4/c1-5-23-16(22)12-9-19(13(10-20)17(2,3)4)15-11(14(12)21)7-6-8-18-15/h6-9,13,20H,5,10H2,1-4H3/t13-/m1/s1. The summed E-state index contributed by atoms with van der Waals surface area (Å²) in [6, 6.07) is 2.93. The molecule has 0 radical (unpaired) electrons. The van der Waals surface area contributed by atoms with Crippen molar-refractivity contribution in [2.45, 2.75) is 33.7 Å². The number of aromatic nitrogens is 2. The fourth-order valence-corrected chi connectivity index (χ4v) is 2.55. The minimum absolute atomic E-state index is 0.0462. The monoisotopic (exact) mass is 318 g/mol. The maximum absolute atomic E-state index is 12.5. The zero-order chi connectivity index (χ0) is 17.2. The lowest BCUT2D eigenvalue weighted by atomic mass is 9.86. The van der Waals surface area contributed by atoms with Gasteiger partial charge in [-0.1, -0.05) is 20.8 Å². The number of carbonyl (C=O) groups excluding carboxylic acids is 1. The smallest absolute Gasteiger partial charge is 0.343 e. The first-order chi connectivity index (χ1) is 10.8. The lowest BCUT2D eigenvalue weighted by molar-refractivity contribution is 0.0522. The fraction of sp³-hybridized carbons (Fsp3) is 0.471. The number of hydrogen-bond donors (Lipinski definition) is 1. The number of ether oxygens (including phenoxy) is 1. The molecule has 124 valence electrons. The van der Waals surface area contributed by atoms with Crippen molar-refractivity contribution in [3.05, 3.63) is 40.3 Å². The lowest BCUT2D eigenvalue weighted by Crippen LogP contribution is -2.31. The third-order valence-corrected chi connectivity index (χ3v) is 3.79. The second-order valence-electron chi connectivity index (χ2n) is 6.44. The third kappa shape index (κ3) is 3.27. The number of hydrogen-bond acceptors (Lipinski definition) is 5. The molecule has 0 unspecified atom stereocenters. The predicted molar refractivity (Wildman–Crippen MR) is 87.5 cm³/mol. The molecule has 0 aliphatic rings. The van der Waals surface area contributed by atoms with Gasteiger partial charge in [-0.2, -0.15) is 0 Å². The molecule has 2 aromatic heterocycles. The van der Waals surface area contributed by atoms with Gasteiger partial charge in [0.1, 0.15) is 11.2 Å². The summed E-state index contributed by atoms with van der Waals surface area (Å²) >= 11 is 0. The highest BCUT2D eigenvalue weighted by atomic mass is 16.5. The normalized spacial score (nSPS) is 13.1. The largest absolute Gasteiger partial charge is 0.462 e. The van der Waals surface area contributed by atoms with Crippen LogP contribution in [0.3, 0.4) is 0 Å². The Bertz CT molecular complexity index is 774. The highest BCUT2D eigenvalue weighted by Gasteiger charge is 2.28. The van der Waals surface area contributed by atoms with E-state index in [2.05, 4.69) is 4.98 Å². The van der Waals surface area contributed by atoms with Gasteiger partial charge in [0.25, 0.3) is 0 Å². The molecule has 0 aromatic carbocycles. The summed E-state index contributed by atoms with van der Waals surface area (Å²) in [4.78, 5) is 28.9. The summed E-state index contributed by atoms with van der Waals surface area (Å²) in [6.07, 6.45) is 3.03. The van der Waals surface area contributed by atoms with Gasteiger partial charge in [0.2, 0.25) is 5.43 Å². The molecule has 0 aliphatic carbocycles. The summed E-state index contributed by atoms with van der Waals surface area (Å²) in [5.74, 6) is -0.664. The topological polar surface area (TPSA) is 81.4 Å². The second kappa shape index (κ2) is 6.50.